The minimum absolute atomic E-state index is 0.220. The van der Waals surface area contributed by atoms with E-state index in [9.17, 15) is 0 Å². The average molecular weight is 765 g/mol. The van der Waals surface area contributed by atoms with E-state index < -0.39 is 0 Å². The van der Waals surface area contributed by atoms with E-state index in [4.69, 9.17) is 0 Å². The first-order chi connectivity index (χ1) is 29.3. The van der Waals surface area contributed by atoms with Gasteiger partial charge >= 0.3 is 0 Å². The molecule has 0 fully saturated rings. The number of hydrogen-bond donors (Lipinski definition) is 0. The monoisotopic (exact) mass is 764 g/mol. The molecule has 0 saturated carbocycles. The molecule has 3 atom stereocenters. The Kier molecular flexibility index (Phi) is 8.24. The third-order valence-corrected chi connectivity index (χ3v) is 13.7. The lowest BCUT2D eigenvalue weighted by molar-refractivity contribution is 0.573. The van der Waals surface area contributed by atoms with Crippen LogP contribution in [0.4, 0.5) is 28.4 Å². The van der Waals surface area contributed by atoms with Gasteiger partial charge in [0.1, 0.15) is 0 Å². The average Bonchev–Trinajstić information content (AvgIpc) is 3.82. The van der Waals surface area contributed by atoms with Crippen LogP contribution in [0, 0.1) is 0 Å². The minimum atomic E-state index is 0.220. The summed E-state index contributed by atoms with van der Waals surface area (Å²) in [5.41, 5.74) is 17.2. The van der Waals surface area contributed by atoms with Crippen molar-refractivity contribution >= 4 is 50.2 Å². The molecule has 4 heteroatoms. The molecule has 4 nitrogen and oxygen atoms in total. The van der Waals surface area contributed by atoms with Gasteiger partial charge in [0.05, 0.1) is 12.1 Å². The maximum Gasteiger partial charge on any atom is 0.0591 e. The summed E-state index contributed by atoms with van der Waals surface area (Å²) in [4.78, 5) is 7.55. The lowest BCUT2D eigenvalue weighted by atomic mass is 9.86. The maximum atomic E-state index is 2.57. The van der Waals surface area contributed by atoms with Gasteiger partial charge in [0.15, 0.2) is 0 Å². The van der Waals surface area contributed by atoms with E-state index in [0.717, 1.165) is 56.3 Å². The van der Waals surface area contributed by atoms with Crippen LogP contribution in [-0.2, 0) is 0 Å². The van der Waals surface area contributed by atoms with Gasteiger partial charge in [-0.15, -0.1) is 0 Å². The number of allylic oxidation sites excluding steroid dienone is 10. The number of para-hydroxylation sites is 3. The first kappa shape index (κ1) is 34.5. The molecule has 288 valence electrons. The summed E-state index contributed by atoms with van der Waals surface area (Å²) in [5, 5.41) is 2.63. The Morgan fingerprint density at radius 2 is 1.31 bits per heavy atom. The Morgan fingerprint density at radius 1 is 0.593 bits per heavy atom. The van der Waals surface area contributed by atoms with Crippen LogP contribution >= 0.6 is 0 Å². The predicted molar refractivity (Wildman–Crippen MR) is 247 cm³/mol. The molecule has 0 saturated heterocycles. The summed E-state index contributed by atoms with van der Waals surface area (Å²) in [6.45, 7) is 0. The number of anilines is 5. The Bertz CT molecular complexity index is 2800. The highest BCUT2D eigenvalue weighted by atomic mass is 15.2. The fraction of sp³-hybridized carbons (Fsp3) is 0.200. The second-order valence-corrected chi connectivity index (χ2v) is 16.9. The summed E-state index contributed by atoms with van der Waals surface area (Å²) in [7, 11) is 0. The summed E-state index contributed by atoms with van der Waals surface area (Å²) >= 11 is 0. The van der Waals surface area contributed by atoms with E-state index in [1.54, 1.807) is 5.57 Å². The van der Waals surface area contributed by atoms with Crippen LogP contribution in [0.3, 0.4) is 0 Å². The van der Waals surface area contributed by atoms with Crippen molar-refractivity contribution < 1.29 is 0 Å². The van der Waals surface area contributed by atoms with Crippen molar-refractivity contribution in [3.63, 3.8) is 0 Å². The van der Waals surface area contributed by atoms with Crippen LogP contribution in [0.5, 0.6) is 0 Å². The molecule has 0 bridgehead atoms. The van der Waals surface area contributed by atoms with Crippen LogP contribution in [0.15, 0.2) is 204 Å². The van der Waals surface area contributed by atoms with Crippen LogP contribution in [0.1, 0.15) is 68.9 Å². The highest BCUT2D eigenvalue weighted by Gasteiger charge is 2.38. The second kappa shape index (κ2) is 14.1. The molecule has 0 radical (unpaired) electrons. The van der Waals surface area contributed by atoms with Gasteiger partial charge in [-0.2, -0.15) is 0 Å². The summed E-state index contributed by atoms with van der Waals surface area (Å²) in [6.07, 6.45) is 30.5. The zero-order valence-electron chi connectivity index (χ0n) is 33.4. The Labute approximate surface area is 347 Å². The van der Waals surface area contributed by atoms with Crippen molar-refractivity contribution in [2.75, 3.05) is 14.7 Å². The summed E-state index contributed by atoms with van der Waals surface area (Å²) < 4.78 is 2.53. The van der Waals surface area contributed by atoms with Crippen LogP contribution in [-0.4, -0.2) is 10.6 Å². The highest BCUT2D eigenvalue weighted by molar-refractivity contribution is 6.08. The van der Waals surface area contributed by atoms with Gasteiger partial charge in [0, 0.05) is 73.3 Å². The van der Waals surface area contributed by atoms with Crippen LogP contribution < -0.4 is 14.7 Å². The lowest BCUT2D eigenvalue weighted by Crippen LogP contribution is -2.29. The molecular formula is C55H48N4. The first-order valence-corrected chi connectivity index (χ1v) is 21.8. The quantitative estimate of drug-likeness (QED) is 0.157. The summed E-state index contributed by atoms with van der Waals surface area (Å²) in [5.74, 6) is 0.540. The van der Waals surface area contributed by atoms with Gasteiger partial charge in [0.25, 0.3) is 0 Å². The number of rotatable bonds is 6. The van der Waals surface area contributed by atoms with Gasteiger partial charge in [-0.25, -0.2) is 0 Å². The molecule has 6 aromatic rings. The third-order valence-electron chi connectivity index (χ3n) is 13.7. The zero-order valence-corrected chi connectivity index (χ0v) is 33.4. The van der Waals surface area contributed by atoms with Gasteiger partial charge in [-0.05, 0) is 147 Å². The van der Waals surface area contributed by atoms with E-state index in [1.807, 2.05) is 0 Å². The number of hydrogen-bond acceptors (Lipinski definition) is 3. The van der Waals surface area contributed by atoms with Crippen LogP contribution in [0.25, 0.3) is 21.8 Å². The van der Waals surface area contributed by atoms with Crippen molar-refractivity contribution in [2.24, 2.45) is 0 Å². The molecule has 0 amide bonds. The minimum Gasteiger partial charge on any atom is -0.334 e. The SMILES string of the molecule is C1=CC2=C(CC1)CC1=CCCC=C1N2c1ccc(N(C2=CCC(n3c4ccccc4c4ccccc43)C=C2)c2ccc(N3c4ccccc4C4CCC=CC43)cc2)cc1. The molecule has 6 aliphatic rings. The fourth-order valence-corrected chi connectivity index (χ4v) is 11.0. The molecule has 1 aromatic heterocycles. The largest absolute Gasteiger partial charge is 0.334 e. The van der Waals surface area contributed by atoms with E-state index in [2.05, 4.69) is 195 Å². The molecule has 0 N–H and O–H groups in total. The topological polar surface area (TPSA) is 14.7 Å². The normalized spacial score (nSPS) is 21.8. The van der Waals surface area contributed by atoms with E-state index in [-0.39, 0.29) is 6.04 Å². The molecule has 4 aliphatic carbocycles. The molecule has 59 heavy (non-hydrogen) atoms. The Balaban J connectivity index is 0.926. The zero-order chi connectivity index (χ0) is 38.9. The van der Waals surface area contributed by atoms with Gasteiger partial charge in [-0.1, -0.05) is 97.1 Å². The third kappa shape index (κ3) is 5.64. The van der Waals surface area contributed by atoms with Crippen molar-refractivity contribution in [3.8, 4) is 0 Å². The smallest absolute Gasteiger partial charge is 0.0591 e. The molecular weight excluding hydrogens is 717 g/mol. The van der Waals surface area contributed by atoms with Gasteiger partial charge < -0.3 is 19.3 Å². The Morgan fingerprint density at radius 3 is 2.07 bits per heavy atom. The van der Waals surface area contributed by atoms with Gasteiger partial charge in [0.2, 0.25) is 0 Å². The van der Waals surface area contributed by atoms with Crippen molar-refractivity contribution in [1.82, 2.24) is 4.57 Å². The van der Waals surface area contributed by atoms with E-state index >= 15 is 0 Å². The lowest BCUT2D eigenvalue weighted by Gasteiger charge is -2.39. The second-order valence-electron chi connectivity index (χ2n) is 16.9. The van der Waals surface area contributed by atoms with E-state index in [0.29, 0.717) is 12.0 Å². The van der Waals surface area contributed by atoms with Crippen molar-refractivity contribution in [1.29, 1.82) is 0 Å². The number of fused-ring (bicyclic) bond motifs is 7. The molecule has 0 spiro atoms. The number of aromatic nitrogens is 1. The first-order valence-electron chi connectivity index (χ1n) is 21.8. The van der Waals surface area contributed by atoms with E-state index in [1.165, 1.54) is 73.5 Å². The standard InChI is InChI=1S/C55H48N4/c1-7-19-50-38(13-1)37-39-14-2-8-20-51(39)57(50)43-31-25-40(26-32-43)56(41-27-33-44(34-28-41)58-52-21-9-3-15-46(52)47-16-4-10-22-53(47)58)42-29-35-45(36-30-42)59-54-23-11-5-17-48(54)49-18-6-12-24-55(49)59/h3-5,7,9-12,14-17,19-33,35-36,44,49,55H,1-2,6,8,13,18,34,37H2. The molecule has 2 aliphatic heterocycles. The highest BCUT2D eigenvalue weighted by Crippen LogP contribution is 2.50. The molecule has 3 unspecified atom stereocenters. The number of benzene rings is 5. The van der Waals surface area contributed by atoms with Crippen molar-refractivity contribution in [2.45, 2.75) is 69.4 Å². The molecule has 12 rings (SSSR count). The maximum absolute atomic E-state index is 2.57. The Hall–Kier alpha value is -6.52. The van der Waals surface area contributed by atoms with Crippen LogP contribution in [0.2, 0.25) is 0 Å². The number of nitrogens with zero attached hydrogens (tertiary/aromatic N) is 4. The van der Waals surface area contributed by atoms with Gasteiger partial charge in [-0.3, -0.25) is 0 Å². The van der Waals surface area contributed by atoms with Crippen molar-refractivity contribution in [3.05, 3.63) is 210 Å². The fourth-order valence-electron chi connectivity index (χ4n) is 11.0. The molecule has 5 aromatic carbocycles. The predicted octanol–water partition coefficient (Wildman–Crippen LogP) is 14.4. The molecule has 3 heterocycles. The summed E-state index contributed by atoms with van der Waals surface area (Å²) in [6, 6.07) is 46.0.